The summed E-state index contributed by atoms with van der Waals surface area (Å²) in [5.74, 6) is 0.864. The molecule has 0 aliphatic heterocycles. The van der Waals surface area contributed by atoms with Crippen molar-refractivity contribution in [3.63, 3.8) is 0 Å². The van der Waals surface area contributed by atoms with Crippen molar-refractivity contribution in [2.75, 3.05) is 0 Å². The highest BCUT2D eigenvalue weighted by Crippen LogP contribution is 2.20. The van der Waals surface area contributed by atoms with Gasteiger partial charge in [0.1, 0.15) is 5.78 Å². The minimum atomic E-state index is 0.366. The SMILES string of the molecule is CCCCC1CC/C=C\CCC1=O. The Labute approximate surface area is 81.2 Å². The monoisotopic (exact) mass is 180 g/mol. The van der Waals surface area contributed by atoms with E-state index in [4.69, 9.17) is 0 Å². The molecule has 0 fully saturated rings. The number of hydrogen-bond donors (Lipinski definition) is 0. The average molecular weight is 180 g/mol. The maximum Gasteiger partial charge on any atom is 0.136 e. The fourth-order valence-electron chi connectivity index (χ4n) is 1.88. The predicted molar refractivity (Wildman–Crippen MR) is 55.6 cm³/mol. The fourth-order valence-corrected chi connectivity index (χ4v) is 1.88. The molecule has 1 rings (SSSR count). The molecule has 74 valence electrons. The molecular formula is C12H20O. The minimum Gasteiger partial charge on any atom is -0.299 e. The van der Waals surface area contributed by atoms with Gasteiger partial charge in [-0.25, -0.2) is 0 Å². The summed E-state index contributed by atoms with van der Waals surface area (Å²) in [4.78, 5) is 11.6. The maximum atomic E-state index is 11.6. The second-order valence-electron chi connectivity index (χ2n) is 3.89. The summed E-state index contributed by atoms with van der Waals surface area (Å²) in [5, 5.41) is 0. The molecule has 0 N–H and O–H groups in total. The largest absolute Gasteiger partial charge is 0.299 e. The predicted octanol–water partition coefficient (Wildman–Crippen LogP) is 3.49. The van der Waals surface area contributed by atoms with Crippen molar-refractivity contribution in [2.24, 2.45) is 5.92 Å². The summed E-state index contributed by atoms with van der Waals surface area (Å²) in [5.41, 5.74) is 0. The third-order valence-corrected chi connectivity index (χ3v) is 2.77. The molecule has 0 radical (unpaired) electrons. The minimum absolute atomic E-state index is 0.366. The molecule has 1 atom stereocenters. The van der Waals surface area contributed by atoms with Gasteiger partial charge in [0.2, 0.25) is 0 Å². The first-order valence-electron chi connectivity index (χ1n) is 5.52. The Bertz CT molecular complexity index is 182. The molecule has 0 heterocycles. The van der Waals surface area contributed by atoms with Gasteiger partial charge in [-0.1, -0.05) is 31.9 Å². The van der Waals surface area contributed by atoms with Crippen LogP contribution in [0.25, 0.3) is 0 Å². The summed E-state index contributed by atoms with van der Waals surface area (Å²) >= 11 is 0. The highest BCUT2D eigenvalue weighted by molar-refractivity contribution is 5.81. The standard InChI is InChI=1S/C12H20O/c1-2-3-8-11-9-6-4-5-7-10-12(11)13/h4-5,11H,2-3,6-10H2,1H3/b5-4-. The zero-order chi connectivity index (χ0) is 9.52. The van der Waals surface area contributed by atoms with Crippen LogP contribution < -0.4 is 0 Å². The van der Waals surface area contributed by atoms with Gasteiger partial charge in [-0.05, 0) is 25.7 Å². The Hall–Kier alpha value is -0.590. The van der Waals surface area contributed by atoms with Crippen LogP contribution in [-0.4, -0.2) is 5.78 Å². The topological polar surface area (TPSA) is 17.1 Å². The normalized spacial score (nSPS) is 26.5. The number of allylic oxidation sites excluding steroid dienone is 2. The number of carbonyl (C=O) groups is 1. The molecular weight excluding hydrogens is 160 g/mol. The summed E-state index contributed by atoms with van der Waals surface area (Å²) in [6, 6.07) is 0. The number of carbonyl (C=O) groups excluding carboxylic acids is 1. The second kappa shape index (κ2) is 5.95. The second-order valence-corrected chi connectivity index (χ2v) is 3.89. The molecule has 0 saturated heterocycles. The molecule has 1 aliphatic rings. The molecule has 1 aliphatic carbocycles. The van der Waals surface area contributed by atoms with E-state index in [0.29, 0.717) is 11.7 Å². The molecule has 0 aromatic heterocycles. The van der Waals surface area contributed by atoms with Crippen LogP contribution in [0.2, 0.25) is 0 Å². The third-order valence-electron chi connectivity index (χ3n) is 2.77. The van der Waals surface area contributed by atoms with Crippen LogP contribution in [-0.2, 0) is 4.79 Å². The van der Waals surface area contributed by atoms with Gasteiger partial charge in [-0.3, -0.25) is 4.79 Å². The summed E-state index contributed by atoms with van der Waals surface area (Å²) in [7, 11) is 0. The number of unbranched alkanes of at least 4 members (excludes halogenated alkanes) is 1. The van der Waals surface area contributed by atoms with Crippen LogP contribution in [0.1, 0.15) is 51.9 Å². The first-order valence-corrected chi connectivity index (χ1v) is 5.52. The van der Waals surface area contributed by atoms with Crippen molar-refractivity contribution in [1.29, 1.82) is 0 Å². The Kier molecular flexibility index (Phi) is 4.81. The third kappa shape index (κ3) is 3.75. The Morgan fingerprint density at radius 1 is 1.38 bits per heavy atom. The van der Waals surface area contributed by atoms with E-state index in [1.165, 1.54) is 12.8 Å². The highest BCUT2D eigenvalue weighted by Gasteiger charge is 2.17. The van der Waals surface area contributed by atoms with Gasteiger partial charge in [0, 0.05) is 12.3 Å². The van der Waals surface area contributed by atoms with E-state index in [2.05, 4.69) is 19.1 Å². The van der Waals surface area contributed by atoms with E-state index in [1.807, 2.05) is 0 Å². The molecule has 1 unspecified atom stereocenters. The summed E-state index contributed by atoms with van der Waals surface area (Å²) < 4.78 is 0. The molecule has 1 heteroatoms. The smallest absolute Gasteiger partial charge is 0.136 e. The fraction of sp³-hybridized carbons (Fsp3) is 0.750. The first kappa shape index (κ1) is 10.5. The number of ketones is 1. The number of Topliss-reactive ketones (excluding diaryl/α,β-unsaturated/α-hetero) is 1. The summed E-state index contributed by atoms with van der Waals surface area (Å²) in [6.45, 7) is 2.19. The van der Waals surface area contributed by atoms with E-state index in [0.717, 1.165) is 32.1 Å². The summed E-state index contributed by atoms with van der Waals surface area (Å²) in [6.07, 6.45) is 11.8. The van der Waals surface area contributed by atoms with Crippen LogP contribution in [0, 0.1) is 5.92 Å². The van der Waals surface area contributed by atoms with Gasteiger partial charge in [0.25, 0.3) is 0 Å². The van der Waals surface area contributed by atoms with Crippen LogP contribution in [0.5, 0.6) is 0 Å². The van der Waals surface area contributed by atoms with Gasteiger partial charge in [0.15, 0.2) is 0 Å². The zero-order valence-electron chi connectivity index (χ0n) is 8.59. The lowest BCUT2D eigenvalue weighted by Crippen LogP contribution is -2.15. The van der Waals surface area contributed by atoms with Crippen LogP contribution in [0.4, 0.5) is 0 Å². The molecule has 0 bridgehead atoms. The van der Waals surface area contributed by atoms with Gasteiger partial charge in [-0.15, -0.1) is 0 Å². The first-order chi connectivity index (χ1) is 6.34. The number of hydrogen-bond acceptors (Lipinski definition) is 1. The Balaban J connectivity index is 2.39. The van der Waals surface area contributed by atoms with Gasteiger partial charge in [0.05, 0.1) is 0 Å². The van der Waals surface area contributed by atoms with Crippen molar-refractivity contribution in [1.82, 2.24) is 0 Å². The van der Waals surface area contributed by atoms with Crippen LogP contribution in [0.15, 0.2) is 12.2 Å². The lowest BCUT2D eigenvalue weighted by Gasteiger charge is -2.15. The van der Waals surface area contributed by atoms with Crippen LogP contribution in [0.3, 0.4) is 0 Å². The molecule has 13 heavy (non-hydrogen) atoms. The zero-order valence-corrected chi connectivity index (χ0v) is 8.59. The lowest BCUT2D eigenvalue weighted by molar-refractivity contribution is -0.123. The molecule has 0 aromatic rings. The van der Waals surface area contributed by atoms with Gasteiger partial charge >= 0.3 is 0 Å². The molecule has 0 spiro atoms. The van der Waals surface area contributed by atoms with Crippen molar-refractivity contribution in [3.05, 3.63) is 12.2 Å². The maximum absolute atomic E-state index is 11.6. The average Bonchev–Trinajstić information content (AvgIpc) is 2.11. The van der Waals surface area contributed by atoms with Crippen LogP contribution >= 0.6 is 0 Å². The molecule has 0 aromatic carbocycles. The van der Waals surface area contributed by atoms with Gasteiger partial charge in [-0.2, -0.15) is 0 Å². The van der Waals surface area contributed by atoms with Crippen molar-refractivity contribution >= 4 is 5.78 Å². The lowest BCUT2D eigenvalue weighted by atomic mass is 9.89. The highest BCUT2D eigenvalue weighted by atomic mass is 16.1. The van der Waals surface area contributed by atoms with E-state index in [1.54, 1.807) is 0 Å². The Morgan fingerprint density at radius 3 is 2.92 bits per heavy atom. The van der Waals surface area contributed by atoms with E-state index in [9.17, 15) is 4.79 Å². The van der Waals surface area contributed by atoms with Gasteiger partial charge < -0.3 is 0 Å². The number of rotatable bonds is 3. The molecule has 0 amide bonds. The van der Waals surface area contributed by atoms with E-state index in [-0.39, 0.29) is 0 Å². The van der Waals surface area contributed by atoms with Crippen molar-refractivity contribution in [3.8, 4) is 0 Å². The molecule has 1 nitrogen and oxygen atoms in total. The van der Waals surface area contributed by atoms with E-state index >= 15 is 0 Å². The molecule has 0 saturated carbocycles. The van der Waals surface area contributed by atoms with E-state index < -0.39 is 0 Å². The Morgan fingerprint density at radius 2 is 2.15 bits per heavy atom. The quantitative estimate of drug-likeness (QED) is 0.607. The van der Waals surface area contributed by atoms with Crippen molar-refractivity contribution in [2.45, 2.75) is 51.9 Å². The van der Waals surface area contributed by atoms with Crippen molar-refractivity contribution < 1.29 is 4.79 Å².